The number of amides is 1. The summed E-state index contributed by atoms with van der Waals surface area (Å²) in [4.78, 5) is 23.6. The number of ether oxygens (including phenoxy) is 1. The number of aryl methyl sites for hydroxylation is 1. The van der Waals surface area contributed by atoms with Crippen LogP contribution in [0.15, 0.2) is 40.8 Å². The maximum atomic E-state index is 12.3. The minimum atomic E-state index is -1.53. The average Bonchev–Trinajstić information content (AvgIpc) is 3.05. The van der Waals surface area contributed by atoms with Crippen LogP contribution in [0.5, 0.6) is 0 Å². The van der Waals surface area contributed by atoms with Gasteiger partial charge in [-0.25, -0.2) is 4.79 Å². The van der Waals surface area contributed by atoms with Gasteiger partial charge in [0.2, 0.25) is 0 Å². The lowest BCUT2D eigenvalue weighted by atomic mass is 10.0. The van der Waals surface area contributed by atoms with Crippen molar-refractivity contribution in [2.24, 2.45) is 0 Å². The Balaban J connectivity index is 2.17. The summed E-state index contributed by atoms with van der Waals surface area (Å²) in [6.45, 7) is 3.30. The molecule has 1 heterocycles. The van der Waals surface area contributed by atoms with Crippen LogP contribution in [0.4, 0.5) is 0 Å². The molecule has 128 valence electrons. The molecule has 1 amide bonds. The van der Waals surface area contributed by atoms with Crippen molar-refractivity contribution in [3.05, 3.63) is 47.7 Å². The van der Waals surface area contributed by atoms with Gasteiger partial charge in [-0.2, -0.15) is 0 Å². The second-order valence-corrected chi connectivity index (χ2v) is 5.74. The number of rotatable bonds is 7. The Labute approximate surface area is 140 Å². The maximum absolute atomic E-state index is 12.3. The van der Waals surface area contributed by atoms with Crippen molar-refractivity contribution in [3.63, 3.8) is 0 Å². The fourth-order valence-corrected chi connectivity index (χ4v) is 2.27. The fraction of sp³-hybridized carbons (Fsp3) is 0.333. The number of benzene rings is 1. The number of carbonyl (C=O) groups is 2. The molecular formula is C18H21NO5. The van der Waals surface area contributed by atoms with E-state index in [9.17, 15) is 14.7 Å². The van der Waals surface area contributed by atoms with E-state index in [-0.39, 0.29) is 12.4 Å². The Kier molecular flexibility index (Phi) is 5.41. The molecule has 2 rings (SSSR count). The summed E-state index contributed by atoms with van der Waals surface area (Å²) in [6, 6.07) is 11.0. The van der Waals surface area contributed by atoms with E-state index in [0.29, 0.717) is 5.76 Å². The van der Waals surface area contributed by atoms with Gasteiger partial charge in [0.25, 0.3) is 5.91 Å². The van der Waals surface area contributed by atoms with Crippen molar-refractivity contribution in [2.75, 3.05) is 13.7 Å². The molecule has 1 unspecified atom stereocenters. The van der Waals surface area contributed by atoms with Crippen molar-refractivity contribution in [2.45, 2.75) is 25.8 Å². The van der Waals surface area contributed by atoms with E-state index in [1.165, 1.54) is 25.7 Å². The van der Waals surface area contributed by atoms with Crippen molar-refractivity contribution < 1.29 is 23.8 Å². The molecule has 0 saturated heterocycles. The fourth-order valence-electron chi connectivity index (χ4n) is 2.27. The minimum absolute atomic E-state index is 0.0492. The quantitative estimate of drug-likeness (QED) is 0.814. The maximum Gasteiger partial charge on any atom is 0.331 e. The minimum Gasteiger partial charge on any atom is -0.479 e. The van der Waals surface area contributed by atoms with Gasteiger partial charge in [-0.1, -0.05) is 31.2 Å². The van der Waals surface area contributed by atoms with Gasteiger partial charge in [-0.3, -0.25) is 4.79 Å². The predicted molar refractivity (Wildman–Crippen MR) is 88.9 cm³/mol. The topological polar surface area (TPSA) is 88.8 Å². The van der Waals surface area contributed by atoms with Crippen molar-refractivity contribution in [1.82, 2.24) is 5.32 Å². The van der Waals surface area contributed by atoms with Crippen LogP contribution < -0.4 is 5.32 Å². The van der Waals surface area contributed by atoms with Gasteiger partial charge >= 0.3 is 5.97 Å². The van der Waals surface area contributed by atoms with Crippen LogP contribution in [0, 0.1) is 0 Å². The normalized spacial score (nSPS) is 13.3. The van der Waals surface area contributed by atoms with Crippen LogP contribution in [0.1, 0.15) is 30.0 Å². The standard InChI is InChI=1S/C18H21NO5/c1-4-12-5-7-13(8-6-12)14-9-10-15(24-14)16(20)19-18(2,11-23-3)17(21)22/h5-10H,4,11H2,1-3H3,(H,19,20)(H,21,22). The smallest absolute Gasteiger partial charge is 0.331 e. The van der Waals surface area contributed by atoms with Gasteiger partial charge in [-0.15, -0.1) is 0 Å². The van der Waals surface area contributed by atoms with Gasteiger partial charge in [0.1, 0.15) is 5.76 Å². The molecule has 6 heteroatoms. The lowest BCUT2D eigenvalue weighted by Gasteiger charge is -2.24. The molecule has 1 atom stereocenters. The lowest BCUT2D eigenvalue weighted by molar-refractivity contribution is -0.145. The highest BCUT2D eigenvalue weighted by atomic mass is 16.5. The molecule has 24 heavy (non-hydrogen) atoms. The van der Waals surface area contributed by atoms with Crippen LogP contribution in [0.25, 0.3) is 11.3 Å². The molecule has 0 saturated carbocycles. The van der Waals surface area contributed by atoms with E-state index < -0.39 is 17.4 Å². The molecule has 0 fully saturated rings. The molecular weight excluding hydrogens is 310 g/mol. The van der Waals surface area contributed by atoms with E-state index in [0.717, 1.165) is 12.0 Å². The summed E-state index contributed by atoms with van der Waals surface area (Å²) < 4.78 is 10.4. The first-order chi connectivity index (χ1) is 11.4. The van der Waals surface area contributed by atoms with Crippen LogP contribution in [0.3, 0.4) is 0 Å². The third kappa shape index (κ3) is 3.83. The Hall–Kier alpha value is -2.60. The van der Waals surface area contributed by atoms with Gasteiger partial charge in [0.05, 0.1) is 6.61 Å². The number of carboxylic acid groups (broad SMARTS) is 1. The highest BCUT2D eigenvalue weighted by Crippen LogP contribution is 2.23. The second-order valence-electron chi connectivity index (χ2n) is 5.74. The van der Waals surface area contributed by atoms with Crippen LogP contribution in [-0.2, 0) is 16.0 Å². The molecule has 0 spiro atoms. The summed E-state index contributed by atoms with van der Waals surface area (Å²) in [5.41, 5.74) is 0.533. The molecule has 1 aromatic carbocycles. The summed E-state index contributed by atoms with van der Waals surface area (Å²) in [6.07, 6.45) is 0.944. The van der Waals surface area contributed by atoms with E-state index in [1.807, 2.05) is 24.3 Å². The number of hydrogen-bond donors (Lipinski definition) is 2. The summed E-state index contributed by atoms with van der Waals surface area (Å²) in [5, 5.41) is 11.7. The van der Waals surface area contributed by atoms with Crippen LogP contribution >= 0.6 is 0 Å². The molecule has 6 nitrogen and oxygen atoms in total. The lowest BCUT2D eigenvalue weighted by Crippen LogP contribution is -2.55. The van der Waals surface area contributed by atoms with E-state index in [4.69, 9.17) is 9.15 Å². The SMILES string of the molecule is CCc1ccc(-c2ccc(C(=O)NC(C)(COC)C(=O)O)o2)cc1. The first kappa shape index (κ1) is 17.7. The Morgan fingerprint density at radius 2 is 1.88 bits per heavy atom. The number of carbonyl (C=O) groups excluding carboxylic acids is 1. The zero-order valence-corrected chi connectivity index (χ0v) is 14.0. The predicted octanol–water partition coefficient (Wildman–Crippen LogP) is 2.73. The van der Waals surface area contributed by atoms with Crippen LogP contribution in [0.2, 0.25) is 0 Å². The molecule has 2 N–H and O–H groups in total. The third-order valence-electron chi connectivity index (χ3n) is 3.77. The molecule has 1 aromatic heterocycles. The summed E-state index contributed by atoms with van der Waals surface area (Å²) in [7, 11) is 1.37. The highest BCUT2D eigenvalue weighted by molar-refractivity contribution is 5.96. The number of furan rings is 1. The Bertz CT molecular complexity index is 719. The first-order valence-corrected chi connectivity index (χ1v) is 7.63. The molecule has 0 radical (unpaired) electrons. The second kappa shape index (κ2) is 7.31. The number of hydrogen-bond acceptors (Lipinski definition) is 4. The number of aliphatic carboxylic acids is 1. The third-order valence-corrected chi connectivity index (χ3v) is 3.77. The average molecular weight is 331 g/mol. The molecule has 0 aliphatic heterocycles. The monoisotopic (exact) mass is 331 g/mol. The Morgan fingerprint density at radius 1 is 1.21 bits per heavy atom. The molecule has 0 aliphatic carbocycles. The molecule has 0 aliphatic rings. The number of nitrogens with one attached hydrogen (secondary N) is 1. The van der Waals surface area contributed by atoms with Crippen molar-refractivity contribution >= 4 is 11.9 Å². The van der Waals surface area contributed by atoms with Gasteiger partial charge in [0.15, 0.2) is 11.3 Å². The molecule has 2 aromatic rings. The highest BCUT2D eigenvalue weighted by Gasteiger charge is 2.36. The largest absolute Gasteiger partial charge is 0.479 e. The van der Waals surface area contributed by atoms with Crippen molar-refractivity contribution in [3.8, 4) is 11.3 Å². The van der Waals surface area contributed by atoms with Crippen molar-refractivity contribution in [1.29, 1.82) is 0 Å². The zero-order chi connectivity index (χ0) is 17.7. The van der Waals surface area contributed by atoms with Gasteiger partial charge in [-0.05, 0) is 31.0 Å². The summed E-state index contributed by atoms with van der Waals surface area (Å²) in [5.74, 6) is -1.19. The number of methoxy groups -OCH3 is 1. The van der Waals surface area contributed by atoms with E-state index in [1.54, 1.807) is 6.07 Å². The Morgan fingerprint density at radius 3 is 2.42 bits per heavy atom. The molecule has 0 bridgehead atoms. The first-order valence-electron chi connectivity index (χ1n) is 7.63. The van der Waals surface area contributed by atoms with E-state index in [2.05, 4.69) is 12.2 Å². The van der Waals surface area contributed by atoms with Gasteiger partial charge < -0.3 is 19.6 Å². The van der Waals surface area contributed by atoms with Gasteiger partial charge in [0, 0.05) is 12.7 Å². The van der Waals surface area contributed by atoms with Crippen LogP contribution in [-0.4, -0.2) is 36.2 Å². The zero-order valence-electron chi connectivity index (χ0n) is 14.0. The summed E-state index contributed by atoms with van der Waals surface area (Å²) >= 11 is 0. The number of carboxylic acids is 1. The van der Waals surface area contributed by atoms with E-state index >= 15 is 0 Å².